The van der Waals surface area contributed by atoms with E-state index in [1.165, 1.54) is 28.8 Å². The van der Waals surface area contributed by atoms with Crippen molar-refractivity contribution in [3.63, 3.8) is 0 Å². The number of hydrogen-bond acceptors (Lipinski definition) is 7. The van der Waals surface area contributed by atoms with Crippen LogP contribution in [-0.4, -0.2) is 48.0 Å². The van der Waals surface area contributed by atoms with E-state index in [1.54, 1.807) is 12.1 Å². The highest BCUT2D eigenvalue weighted by Crippen LogP contribution is 2.53. The molecule has 2 heterocycles. The van der Waals surface area contributed by atoms with Crippen LogP contribution in [0.15, 0.2) is 59.5 Å². The minimum atomic E-state index is -3.97. The fourth-order valence-corrected chi connectivity index (χ4v) is 6.56. The second-order valence-corrected chi connectivity index (χ2v) is 11.9. The first-order chi connectivity index (χ1) is 15.1. The molecule has 9 heteroatoms. The van der Waals surface area contributed by atoms with E-state index in [0.29, 0.717) is 0 Å². The van der Waals surface area contributed by atoms with Crippen LogP contribution in [0.5, 0.6) is 0 Å². The van der Waals surface area contributed by atoms with Crippen molar-refractivity contribution < 1.29 is 26.9 Å². The van der Waals surface area contributed by atoms with Gasteiger partial charge in [0.15, 0.2) is 0 Å². The van der Waals surface area contributed by atoms with E-state index in [1.807, 2.05) is 51.1 Å². The molecule has 2 fully saturated rings. The number of carbonyl (C=O) groups is 2. The second kappa shape index (κ2) is 8.53. The third-order valence-electron chi connectivity index (χ3n) is 5.71. The number of amides is 1. The quantitative estimate of drug-likeness (QED) is 0.345. The van der Waals surface area contributed by atoms with Crippen molar-refractivity contribution in [3.8, 4) is 0 Å². The smallest absolute Gasteiger partial charge is 0.330 e. The van der Waals surface area contributed by atoms with Crippen molar-refractivity contribution in [1.29, 1.82) is 0 Å². The number of esters is 1. The molecule has 2 aliphatic heterocycles. The summed E-state index contributed by atoms with van der Waals surface area (Å²) in [6, 6.07) is 14.9. The number of β-lactam (4-membered cyclic amide) rings is 1. The molecule has 1 amide bonds. The van der Waals surface area contributed by atoms with Crippen molar-refractivity contribution >= 4 is 33.8 Å². The first-order valence-electron chi connectivity index (χ1n) is 10.3. The SMILES string of the molecule is Cc1ccc(S(=O)(=O)OC[C@@H]2C(=O)N3[C@@H]2SC(C)(C)[C@@H]3C(=O)OCc2ccccc2)cc1. The molecule has 170 valence electrons. The van der Waals surface area contributed by atoms with Gasteiger partial charge in [-0.1, -0.05) is 48.0 Å². The van der Waals surface area contributed by atoms with Gasteiger partial charge in [-0.3, -0.25) is 8.98 Å². The normalized spacial score (nSPS) is 24.0. The minimum Gasteiger partial charge on any atom is -0.459 e. The first kappa shape index (κ1) is 22.8. The minimum absolute atomic E-state index is 0.0495. The largest absolute Gasteiger partial charge is 0.459 e. The van der Waals surface area contributed by atoms with Gasteiger partial charge in [0.05, 0.1) is 22.8 Å². The molecule has 4 rings (SSSR count). The molecule has 3 atom stereocenters. The van der Waals surface area contributed by atoms with Gasteiger partial charge in [-0.05, 0) is 38.5 Å². The number of fused-ring (bicyclic) bond motifs is 1. The molecule has 0 aromatic heterocycles. The lowest BCUT2D eigenvalue weighted by Crippen LogP contribution is -2.64. The van der Waals surface area contributed by atoms with Crippen LogP contribution in [0, 0.1) is 12.8 Å². The molecule has 7 nitrogen and oxygen atoms in total. The number of thioether (sulfide) groups is 1. The topological polar surface area (TPSA) is 90.0 Å². The summed E-state index contributed by atoms with van der Waals surface area (Å²) in [5, 5.41) is -0.333. The molecular weight excluding hydrogens is 450 g/mol. The highest BCUT2D eigenvalue weighted by atomic mass is 32.2. The first-order valence-corrected chi connectivity index (χ1v) is 12.6. The Morgan fingerprint density at radius 1 is 1.09 bits per heavy atom. The average molecular weight is 476 g/mol. The Bertz CT molecular complexity index is 1110. The van der Waals surface area contributed by atoms with Gasteiger partial charge >= 0.3 is 5.97 Å². The molecule has 0 N–H and O–H groups in total. The van der Waals surface area contributed by atoms with Crippen LogP contribution in [0.3, 0.4) is 0 Å². The monoisotopic (exact) mass is 475 g/mol. The van der Waals surface area contributed by atoms with Gasteiger partial charge in [-0.25, -0.2) is 4.79 Å². The Morgan fingerprint density at radius 3 is 2.41 bits per heavy atom. The summed E-state index contributed by atoms with van der Waals surface area (Å²) in [4.78, 5) is 27.3. The molecule has 2 aliphatic rings. The number of carbonyl (C=O) groups excluding carboxylic acids is 2. The maximum Gasteiger partial charge on any atom is 0.330 e. The lowest BCUT2D eigenvalue weighted by atomic mass is 9.92. The molecule has 2 aromatic rings. The molecule has 32 heavy (non-hydrogen) atoms. The fraction of sp³-hybridized carbons (Fsp3) is 0.391. The standard InChI is InChI=1S/C23H25NO6S2/c1-15-9-11-17(12-10-15)32(27,28)30-14-18-20(25)24-19(23(2,3)31-21(18)24)22(26)29-13-16-7-5-4-6-8-16/h4-12,18-19,21H,13-14H2,1-3H3/t18-,19+,21-/m1/s1. The van der Waals surface area contributed by atoms with Gasteiger partial charge in [-0.15, -0.1) is 11.8 Å². The van der Waals surface area contributed by atoms with E-state index in [-0.39, 0.29) is 29.4 Å². The Balaban J connectivity index is 1.40. The van der Waals surface area contributed by atoms with E-state index in [9.17, 15) is 18.0 Å². The Labute approximate surface area is 192 Å². The van der Waals surface area contributed by atoms with Gasteiger partial charge in [0, 0.05) is 4.75 Å². The third-order valence-corrected chi connectivity index (χ3v) is 8.63. The van der Waals surface area contributed by atoms with Crippen molar-refractivity contribution in [2.45, 2.75) is 48.4 Å². The highest BCUT2D eigenvalue weighted by molar-refractivity contribution is 8.01. The van der Waals surface area contributed by atoms with Gasteiger partial charge < -0.3 is 9.64 Å². The lowest BCUT2D eigenvalue weighted by Gasteiger charge is -2.43. The van der Waals surface area contributed by atoms with E-state index in [4.69, 9.17) is 8.92 Å². The summed E-state index contributed by atoms with van der Waals surface area (Å²) < 4.78 is 35.1. The molecule has 2 saturated heterocycles. The molecule has 2 aromatic carbocycles. The van der Waals surface area contributed by atoms with E-state index in [0.717, 1.165) is 11.1 Å². The second-order valence-electron chi connectivity index (χ2n) is 8.51. The summed E-state index contributed by atoms with van der Waals surface area (Å²) >= 11 is 1.47. The number of rotatable bonds is 7. The van der Waals surface area contributed by atoms with Gasteiger partial charge in [0.25, 0.3) is 10.1 Å². The van der Waals surface area contributed by atoms with Crippen LogP contribution in [0.1, 0.15) is 25.0 Å². The molecule has 0 unspecified atom stereocenters. The molecule has 0 radical (unpaired) electrons. The van der Waals surface area contributed by atoms with E-state index in [2.05, 4.69) is 0 Å². The van der Waals surface area contributed by atoms with Crippen LogP contribution in [-0.2, 0) is 35.2 Å². The van der Waals surface area contributed by atoms with Crippen molar-refractivity contribution in [2.75, 3.05) is 6.61 Å². The number of aryl methyl sites for hydroxylation is 1. The van der Waals surface area contributed by atoms with Crippen molar-refractivity contribution in [1.82, 2.24) is 4.90 Å². The number of nitrogens with zero attached hydrogens (tertiary/aromatic N) is 1. The number of ether oxygens (including phenoxy) is 1. The zero-order valence-electron chi connectivity index (χ0n) is 18.1. The van der Waals surface area contributed by atoms with Crippen molar-refractivity contribution in [3.05, 3.63) is 65.7 Å². The van der Waals surface area contributed by atoms with E-state index >= 15 is 0 Å². The molecule has 0 bridgehead atoms. The van der Waals surface area contributed by atoms with Crippen LogP contribution in [0.4, 0.5) is 0 Å². The van der Waals surface area contributed by atoms with Gasteiger partial charge in [-0.2, -0.15) is 8.42 Å². The summed E-state index contributed by atoms with van der Waals surface area (Å²) in [6.45, 7) is 5.51. The summed E-state index contributed by atoms with van der Waals surface area (Å²) in [6.07, 6.45) is 0. The average Bonchev–Trinajstić information content (AvgIpc) is 3.00. The summed E-state index contributed by atoms with van der Waals surface area (Å²) in [7, 11) is -3.97. The fourth-order valence-electron chi connectivity index (χ4n) is 3.97. The molecule has 0 spiro atoms. The molecule has 0 aliphatic carbocycles. The highest BCUT2D eigenvalue weighted by Gasteiger charge is 2.64. The maximum atomic E-state index is 12.8. The summed E-state index contributed by atoms with van der Waals surface area (Å²) in [5.41, 5.74) is 1.80. The Kier molecular flexibility index (Phi) is 6.08. The van der Waals surface area contributed by atoms with Crippen LogP contribution in [0.25, 0.3) is 0 Å². The molecule has 0 saturated carbocycles. The maximum absolute atomic E-state index is 12.8. The van der Waals surface area contributed by atoms with Crippen LogP contribution >= 0.6 is 11.8 Å². The van der Waals surface area contributed by atoms with Crippen LogP contribution < -0.4 is 0 Å². The number of hydrogen-bond donors (Lipinski definition) is 0. The zero-order chi connectivity index (χ0) is 23.1. The number of benzene rings is 2. The van der Waals surface area contributed by atoms with Gasteiger partial charge in [0.1, 0.15) is 12.6 Å². The third kappa shape index (κ3) is 4.29. The van der Waals surface area contributed by atoms with Crippen molar-refractivity contribution in [2.24, 2.45) is 5.92 Å². The predicted molar refractivity (Wildman–Crippen MR) is 120 cm³/mol. The Hall–Kier alpha value is -2.36. The Morgan fingerprint density at radius 2 is 1.75 bits per heavy atom. The predicted octanol–water partition coefficient (Wildman–Crippen LogP) is 3.12. The molecular formula is C23H25NO6S2. The lowest BCUT2D eigenvalue weighted by molar-refractivity contribution is -0.168. The zero-order valence-corrected chi connectivity index (χ0v) is 19.7. The summed E-state index contributed by atoms with van der Waals surface area (Å²) in [5.74, 6) is -1.39. The van der Waals surface area contributed by atoms with Crippen LogP contribution in [0.2, 0.25) is 0 Å². The van der Waals surface area contributed by atoms with Gasteiger partial charge in [0.2, 0.25) is 5.91 Å². The van der Waals surface area contributed by atoms with E-state index < -0.39 is 32.8 Å².